The number of hydrogen-bond donors (Lipinski definition) is 1. The number of nitrogens with one attached hydrogen (secondary N) is 1. The van der Waals surface area contributed by atoms with Gasteiger partial charge in [-0.15, -0.1) is 0 Å². The SMILES string of the molecule is O=C1C[C@H](c2cccc([N+](=O)[O-])c2)C(=O)N1. The van der Waals surface area contributed by atoms with Crippen LogP contribution >= 0.6 is 0 Å². The largest absolute Gasteiger partial charge is 0.296 e. The Morgan fingerprint density at radius 2 is 2.12 bits per heavy atom. The van der Waals surface area contributed by atoms with E-state index in [4.69, 9.17) is 0 Å². The van der Waals surface area contributed by atoms with Crippen LogP contribution in [0.1, 0.15) is 17.9 Å². The van der Waals surface area contributed by atoms with Gasteiger partial charge in [-0.2, -0.15) is 0 Å². The molecule has 0 aliphatic carbocycles. The number of nitrogens with zero attached hydrogens (tertiary/aromatic N) is 1. The summed E-state index contributed by atoms with van der Waals surface area (Å²) in [5.41, 5.74) is 0.419. The Labute approximate surface area is 90.4 Å². The Kier molecular flexibility index (Phi) is 2.40. The average Bonchev–Trinajstić information content (AvgIpc) is 2.58. The van der Waals surface area contributed by atoms with Crippen LogP contribution in [0.15, 0.2) is 24.3 Å². The van der Waals surface area contributed by atoms with Crippen molar-refractivity contribution in [1.29, 1.82) is 0 Å². The van der Waals surface area contributed by atoms with Gasteiger partial charge in [-0.1, -0.05) is 12.1 Å². The zero-order valence-corrected chi connectivity index (χ0v) is 8.17. The standard InChI is InChI=1S/C10H8N2O4/c13-9-5-8(10(14)11-9)6-2-1-3-7(4-6)12(15)16/h1-4,8H,5H2,(H,11,13,14)/t8-/m1/s1. The van der Waals surface area contributed by atoms with E-state index in [0.29, 0.717) is 5.56 Å². The molecule has 2 amide bonds. The van der Waals surface area contributed by atoms with E-state index in [1.807, 2.05) is 0 Å². The van der Waals surface area contributed by atoms with Crippen LogP contribution in [0.2, 0.25) is 0 Å². The van der Waals surface area contributed by atoms with E-state index in [2.05, 4.69) is 5.32 Å². The van der Waals surface area contributed by atoms with Crippen molar-refractivity contribution in [2.24, 2.45) is 0 Å². The molecule has 6 heteroatoms. The molecular weight excluding hydrogens is 212 g/mol. The number of carbonyl (C=O) groups excluding carboxylic acids is 2. The van der Waals surface area contributed by atoms with Crippen molar-refractivity contribution in [2.75, 3.05) is 0 Å². The molecule has 1 aliphatic heterocycles. The summed E-state index contributed by atoms with van der Waals surface area (Å²) >= 11 is 0. The van der Waals surface area contributed by atoms with Crippen LogP contribution in [0.5, 0.6) is 0 Å². The molecule has 1 saturated heterocycles. The third-order valence-electron chi connectivity index (χ3n) is 2.45. The molecule has 6 nitrogen and oxygen atoms in total. The minimum Gasteiger partial charge on any atom is -0.296 e. The molecular formula is C10H8N2O4. The minimum absolute atomic E-state index is 0.0556. The molecule has 1 heterocycles. The van der Waals surface area contributed by atoms with Gasteiger partial charge < -0.3 is 0 Å². The molecule has 0 unspecified atom stereocenters. The highest BCUT2D eigenvalue weighted by Gasteiger charge is 2.32. The van der Waals surface area contributed by atoms with Gasteiger partial charge in [0.25, 0.3) is 5.69 Å². The Morgan fingerprint density at radius 1 is 1.38 bits per heavy atom. The molecule has 1 aromatic rings. The van der Waals surface area contributed by atoms with Gasteiger partial charge in [0, 0.05) is 18.6 Å². The average molecular weight is 220 g/mol. The monoisotopic (exact) mass is 220 g/mol. The Balaban J connectivity index is 2.34. The predicted molar refractivity (Wildman–Crippen MR) is 53.6 cm³/mol. The Bertz CT molecular complexity index is 483. The van der Waals surface area contributed by atoms with Gasteiger partial charge in [0.05, 0.1) is 10.8 Å². The smallest absolute Gasteiger partial charge is 0.269 e. The van der Waals surface area contributed by atoms with Crippen LogP contribution < -0.4 is 5.32 Å². The topological polar surface area (TPSA) is 89.3 Å². The van der Waals surface area contributed by atoms with Gasteiger partial charge in [0.1, 0.15) is 0 Å². The molecule has 2 rings (SSSR count). The fourth-order valence-electron chi connectivity index (χ4n) is 1.68. The Hall–Kier alpha value is -2.24. The van der Waals surface area contributed by atoms with Crippen molar-refractivity contribution in [1.82, 2.24) is 5.32 Å². The maximum atomic E-state index is 11.4. The summed E-state index contributed by atoms with van der Waals surface area (Å²) < 4.78 is 0. The van der Waals surface area contributed by atoms with Gasteiger partial charge in [-0.05, 0) is 5.56 Å². The zero-order chi connectivity index (χ0) is 11.7. The lowest BCUT2D eigenvalue weighted by Gasteiger charge is -2.05. The molecule has 1 aromatic carbocycles. The number of amides is 2. The predicted octanol–water partition coefficient (Wildman–Crippen LogP) is 0.725. The van der Waals surface area contributed by atoms with E-state index < -0.39 is 16.7 Å². The first-order valence-corrected chi connectivity index (χ1v) is 4.66. The van der Waals surface area contributed by atoms with Gasteiger partial charge in [-0.25, -0.2) is 0 Å². The lowest BCUT2D eigenvalue weighted by molar-refractivity contribution is -0.384. The summed E-state index contributed by atoms with van der Waals surface area (Å²) in [6.45, 7) is 0. The van der Waals surface area contributed by atoms with Crippen molar-refractivity contribution in [3.05, 3.63) is 39.9 Å². The van der Waals surface area contributed by atoms with Gasteiger partial charge in [0.2, 0.25) is 11.8 Å². The molecule has 0 radical (unpaired) electrons. The molecule has 1 N–H and O–H groups in total. The number of nitro groups is 1. The molecule has 1 fully saturated rings. The number of rotatable bonds is 2. The van der Waals surface area contributed by atoms with Crippen molar-refractivity contribution < 1.29 is 14.5 Å². The molecule has 0 saturated carbocycles. The Morgan fingerprint density at radius 3 is 2.69 bits per heavy atom. The summed E-state index contributed by atoms with van der Waals surface area (Å²) in [6, 6.07) is 5.78. The molecule has 82 valence electrons. The fraction of sp³-hybridized carbons (Fsp3) is 0.200. The van der Waals surface area contributed by atoms with Crippen LogP contribution in [0.25, 0.3) is 0 Å². The first-order chi connectivity index (χ1) is 7.58. The normalized spacial score (nSPS) is 19.6. The fourth-order valence-corrected chi connectivity index (χ4v) is 1.68. The number of imide groups is 1. The van der Waals surface area contributed by atoms with E-state index in [1.165, 1.54) is 18.2 Å². The van der Waals surface area contributed by atoms with E-state index in [0.717, 1.165) is 0 Å². The van der Waals surface area contributed by atoms with Gasteiger partial charge in [-0.3, -0.25) is 25.0 Å². The van der Waals surface area contributed by atoms with Crippen molar-refractivity contribution in [2.45, 2.75) is 12.3 Å². The van der Waals surface area contributed by atoms with Crippen LogP contribution in [0.3, 0.4) is 0 Å². The lowest BCUT2D eigenvalue weighted by Crippen LogP contribution is -2.21. The maximum Gasteiger partial charge on any atom is 0.269 e. The molecule has 0 bridgehead atoms. The highest BCUT2D eigenvalue weighted by atomic mass is 16.6. The number of hydrogen-bond acceptors (Lipinski definition) is 4. The van der Waals surface area contributed by atoms with E-state index in [1.54, 1.807) is 6.07 Å². The van der Waals surface area contributed by atoms with E-state index in [-0.39, 0.29) is 18.0 Å². The molecule has 0 aromatic heterocycles. The lowest BCUT2D eigenvalue weighted by atomic mass is 9.97. The molecule has 1 aliphatic rings. The number of non-ortho nitro benzene ring substituents is 1. The summed E-state index contributed by atoms with van der Waals surface area (Å²) in [6.07, 6.45) is 0.0556. The van der Waals surface area contributed by atoms with Crippen molar-refractivity contribution >= 4 is 17.5 Å². The van der Waals surface area contributed by atoms with Crippen molar-refractivity contribution in [3.8, 4) is 0 Å². The zero-order valence-electron chi connectivity index (χ0n) is 8.17. The van der Waals surface area contributed by atoms with E-state index >= 15 is 0 Å². The molecule has 0 spiro atoms. The highest BCUT2D eigenvalue weighted by Crippen LogP contribution is 2.26. The maximum absolute atomic E-state index is 11.4. The van der Waals surface area contributed by atoms with Crippen molar-refractivity contribution in [3.63, 3.8) is 0 Å². The summed E-state index contributed by atoms with van der Waals surface area (Å²) in [5, 5.41) is 12.7. The summed E-state index contributed by atoms with van der Waals surface area (Å²) in [7, 11) is 0. The second-order valence-electron chi connectivity index (χ2n) is 3.52. The van der Waals surface area contributed by atoms with Gasteiger partial charge in [0.15, 0.2) is 0 Å². The van der Waals surface area contributed by atoms with Crippen LogP contribution in [0, 0.1) is 10.1 Å². The number of nitro benzene ring substituents is 1. The third kappa shape index (κ3) is 1.77. The first kappa shape index (κ1) is 10.3. The minimum atomic E-state index is -0.604. The molecule has 1 atom stereocenters. The second-order valence-corrected chi connectivity index (χ2v) is 3.52. The summed E-state index contributed by atoms with van der Waals surface area (Å²) in [4.78, 5) is 32.4. The van der Waals surface area contributed by atoms with Crippen LogP contribution in [0.4, 0.5) is 5.69 Å². The quantitative estimate of drug-likeness (QED) is 0.452. The van der Waals surface area contributed by atoms with Crippen LogP contribution in [-0.2, 0) is 9.59 Å². The number of carbonyl (C=O) groups is 2. The highest BCUT2D eigenvalue weighted by molar-refractivity contribution is 6.06. The van der Waals surface area contributed by atoms with Crippen LogP contribution in [-0.4, -0.2) is 16.7 Å². The van der Waals surface area contributed by atoms with Gasteiger partial charge >= 0.3 is 0 Å². The first-order valence-electron chi connectivity index (χ1n) is 4.66. The summed E-state index contributed by atoms with van der Waals surface area (Å²) in [5.74, 6) is -1.35. The van der Waals surface area contributed by atoms with E-state index in [9.17, 15) is 19.7 Å². The number of benzene rings is 1. The second kappa shape index (κ2) is 3.73. The molecule has 16 heavy (non-hydrogen) atoms. The third-order valence-corrected chi connectivity index (χ3v) is 2.45.